The highest BCUT2D eigenvalue weighted by atomic mass is 16.6. The summed E-state index contributed by atoms with van der Waals surface area (Å²) in [5.74, 6) is 0.875. The van der Waals surface area contributed by atoms with E-state index < -0.39 is 4.92 Å². The molecule has 0 radical (unpaired) electrons. The van der Waals surface area contributed by atoms with Gasteiger partial charge in [-0.25, -0.2) is 0 Å². The van der Waals surface area contributed by atoms with Crippen molar-refractivity contribution in [2.45, 2.75) is 38.5 Å². The summed E-state index contributed by atoms with van der Waals surface area (Å²) < 4.78 is 5.03. The van der Waals surface area contributed by atoms with Gasteiger partial charge >= 0.3 is 0 Å². The van der Waals surface area contributed by atoms with E-state index in [0.29, 0.717) is 11.7 Å². The van der Waals surface area contributed by atoms with E-state index >= 15 is 0 Å². The molecule has 1 aromatic rings. The summed E-state index contributed by atoms with van der Waals surface area (Å²) in [4.78, 5) is 27.9. The number of amides is 1. The first kappa shape index (κ1) is 21.5. The number of carbonyl (C=O) groups excluding carboxylic acids is 1. The van der Waals surface area contributed by atoms with Gasteiger partial charge in [0.05, 0.1) is 24.6 Å². The molecule has 2 fully saturated rings. The number of hydrogen-bond donors (Lipinski definition) is 1. The summed E-state index contributed by atoms with van der Waals surface area (Å²) >= 11 is 0. The van der Waals surface area contributed by atoms with E-state index in [9.17, 15) is 14.9 Å². The molecule has 3 rings (SSSR count). The first-order valence-electron chi connectivity index (χ1n) is 10.6. The molecule has 2 aliphatic rings. The molecule has 2 saturated heterocycles. The second-order valence-electron chi connectivity index (χ2n) is 8.12. The number of carbonyl (C=O) groups is 1. The molecule has 0 bridgehead atoms. The number of nitrogens with zero attached hydrogens (tertiary/aromatic N) is 3. The van der Waals surface area contributed by atoms with Gasteiger partial charge in [-0.2, -0.15) is 0 Å². The van der Waals surface area contributed by atoms with E-state index in [4.69, 9.17) is 4.74 Å². The van der Waals surface area contributed by atoms with E-state index in [1.54, 1.807) is 6.07 Å². The van der Waals surface area contributed by atoms with Crippen molar-refractivity contribution in [2.24, 2.45) is 5.92 Å². The fraction of sp³-hybridized carbons (Fsp3) is 0.667. The van der Waals surface area contributed by atoms with Crippen LogP contribution < -0.4 is 10.1 Å². The topological polar surface area (TPSA) is 88.0 Å². The maximum absolute atomic E-state index is 12.4. The van der Waals surface area contributed by atoms with Crippen LogP contribution in [0.5, 0.6) is 5.75 Å². The lowest BCUT2D eigenvalue weighted by Crippen LogP contribution is -2.42. The maximum atomic E-state index is 12.4. The average molecular weight is 405 g/mol. The Bertz CT molecular complexity index is 696. The fourth-order valence-electron chi connectivity index (χ4n) is 4.30. The first-order chi connectivity index (χ1) is 14.0. The van der Waals surface area contributed by atoms with Crippen LogP contribution in [0.2, 0.25) is 0 Å². The van der Waals surface area contributed by atoms with Gasteiger partial charge in [0, 0.05) is 6.54 Å². The van der Waals surface area contributed by atoms with Gasteiger partial charge in [-0.3, -0.25) is 19.8 Å². The standard InChI is InChI=1S/C21H32N4O4/c1-29-18-6-7-19(20(14-18)25(27)28)22-21(26)16-24-12-8-17(9-13-24)15-23-10-4-2-3-5-11-23/h6-7,14,17H,2-5,8-13,15-16H2,1H3,(H,22,26). The summed E-state index contributed by atoms with van der Waals surface area (Å²) in [5.41, 5.74) is 0.0470. The highest BCUT2D eigenvalue weighted by Crippen LogP contribution is 2.29. The number of rotatable bonds is 7. The van der Waals surface area contributed by atoms with E-state index in [1.165, 1.54) is 64.6 Å². The van der Waals surface area contributed by atoms with E-state index in [0.717, 1.165) is 25.9 Å². The Balaban J connectivity index is 1.45. The van der Waals surface area contributed by atoms with Crippen LogP contribution in [0.3, 0.4) is 0 Å². The maximum Gasteiger partial charge on any atom is 0.296 e. The number of hydrogen-bond acceptors (Lipinski definition) is 6. The van der Waals surface area contributed by atoms with Gasteiger partial charge in [-0.05, 0) is 69.9 Å². The van der Waals surface area contributed by atoms with E-state index in [1.807, 2.05) is 0 Å². The number of piperidine rings is 1. The summed E-state index contributed by atoms with van der Waals surface area (Å²) in [6.07, 6.45) is 7.55. The SMILES string of the molecule is COc1ccc(NC(=O)CN2CCC(CN3CCCCCC3)CC2)c([N+](=O)[O-])c1. The van der Waals surface area contributed by atoms with Crippen molar-refractivity contribution in [1.82, 2.24) is 9.80 Å². The number of nitrogens with one attached hydrogen (secondary N) is 1. The minimum absolute atomic E-state index is 0.158. The Labute approximate surface area is 172 Å². The molecule has 2 aliphatic heterocycles. The van der Waals surface area contributed by atoms with Gasteiger partial charge in [0.15, 0.2) is 0 Å². The Hall–Kier alpha value is -2.19. The number of benzene rings is 1. The molecule has 0 unspecified atom stereocenters. The zero-order chi connectivity index (χ0) is 20.6. The zero-order valence-corrected chi connectivity index (χ0v) is 17.3. The smallest absolute Gasteiger partial charge is 0.296 e. The predicted octanol–water partition coefficient (Wildman–Crippen LogP) is 3.13. The lowest BCUT2D eigenvalue weighted by atomic mass is 9.96. The summed E-state index contributed by atoms with van der Waals surface area (Å²) in [6, 6.07) is 4.45. The van der Waals surface area contributed by atoms with Gasteiger partial charge in [-0.1, -0.05) is 12.8 Å². The third-order valence-electron chi connectivity index (χ3n) is 5.97. The van der Waals surface area contributed by atoms with Crippen LogP contribution >= 0.6 is 0 Å². The number of likely N-dealkylation sites (tertiary alicyclic amines) is 2. The molecule has 0 spiro atoms. The van der Waals surface area contributed by atoms with Gasteiger partial charge in [0.25, 0.3) is 5.69 Å². The summed E-state index contributed by atoms with van der Waals surface area (Å²) in [7, 11) is 1.45. The Morgan fingerprint density at radius 1 is 1.14 bits per heavy atom. The number of nitro benzene ring substituents is 1. The van der Waals surface area contributed by atoms with Crippen molar-refractivity contribution in [3.8, 4) is 5.75 Å². The summed E-state index contributed by atoms with van der Waals surface area (Å²) in [5, 5.41) is 14.0. The largest absolute Gasteiger partial charge is 0.496 e. The lowest BCUT2D eigenvalue weighted by Gasteiger charge is -2.34. The molecule has 1 aromatic carbocycles. The molecule has 8 nitrogen and oxygen atoms in total. The zero-order valence-electron chi connectivity index (χ0n) is 17.3. The fourth-order valence-corrected chi connectivity index (χ4v) is 4.30. The van der Waals surface area contributed by atoms with Gasteiger partial charge in [0.2, 0.25) is 5.91 Å². The lowest BCUT2D eigenvalue weighted by molar-refractivity contribution is -0.384. The van der Waals surface area contributed by atoms with Crippen LogP contribution in [0.15, 0.2) is 18.2 Å². The molecule has 0 aromatic heterocycles. The average Bonchev–Trinajstić information content (AvgIpc) is 2.98. The van der Waals surface area contributed by atoms with Crippen molar-refractivity contribution in [3.05, 3.63) is 28.3 Å². The highest BCUT2D eigenvalue weighted by Gasteiger charge is 2.24. The van der Waals surface area contributed by atoms with Gasteiger partial charge in [0.1, 0.15) is 11.4 Å². The van der Waals surface area contributed by atoms with Crippen LogP contribution in [0.4, 0.5) is 11.4 Å². The van der Waals surface area contributed by atoms with Crippen molar-refractivity contribution in [1.29, 1.82) is 0 Å². The predicted molar refractivity (Wildman–Crippen MR) is 112 cm³/mol. The molecule has 1 N–H and O–H groups in total. The van der Waals surface area contributed by atoms with Crippen LogP contribution in [0, 0.1) is 16.0 Å². The number of ether oxygens (including phenoxy) is 1. The number of anilines is 1. The molecule has 2 heterocycles. The highest BCUT2D eigenvalue weighted by molar-refractivity contribution is 5.94. The molecule has 29 heavy (non-hydrogen) atoms. The molecule has 0 saturated carbocycles. The van der Waals surface area contributed by atoms with Gasteiger partial charge < -0.3 is 15.0 Å². The Morgan fingerprint density at radius 2 is 1.83 bits per heavy atom. The molecule has 0 aliphatic carbocycles. The Morgan fingerprint density at radius 3 is 2.45 bits per heavy atom. The van der Waals surface area contributed by atoms with Crippen LogP contribution in [0.1, 0.15) is 38.5 Å². The molecular formula is C21H32N4O4. The van der Waals surface area contributed by atoms with E-state index in [2.05, 4.69) is 15.1 Å². The van der Waals surface area contributed by atoms with Crippen LogP contribution in [0.25, 0.3) is 0 Å². The molecule has 1 amide bonds. The van der Waals surface area contributed by atoms with Gasteiger partial charge in [-0.15, -0.1) is 0 Å². The quantitative estimate of drug-likeness (QED) is 0.555. The minimum Gasteiger partial charge on any atom is -0.496 e. The number of nitro groups is 1. The minimum atomic E-state index is -0.507. The molecule has 0 atom stereocenters. The monoisotopic (exact) mass is 404 g/mol. The molecule has 160 valence electrons. The number of methoxy groups -OCH3 is 1. The summed E-state index contributed by atoms with van der Waals surface area (Å²) in [6.45, 7) is 5.69. The van der Waals surface area contributed by atoms with Crippen molar-refractivity contribution < 1.29 is 14.5 Å². The Kier molecular flexibility index (Phi) is 7.83. The second kappa shape index (κ2) is 10.5. The third-order valence-corrected chi connectivity index (χ3v) is 5.97. The normalized spacial score (nSPS) is 19.5. The first-order valence-corrected chi connectivity index (χ1v) is 10.6. The van der Waals surface area contributed by atoms with Crippen molar-refractivity contribution in [2.75, 3.05) is 51.7 Å². The molecule has 8 heteroatoms. The van der Waals surface area contributed by atoms with Crippen LogP contribution in [-0.2, 0) is 4.79 Å². The van der Waals surface area contributed by atoms with Crippen molar-refractivity contribution in [3.63, 3.8) is 0 Å². The second-order valence-corrected chi connectivity index (χ2v) is 8.12. The van der Waals surface area contributed by atoms with Crippen molar-refractivity contribution >= 4 is 17.3 Å². The third kappa shape index (κ3) is 6.40. The van der Waals surface area contributed by atoms with E-state index in [-0.39, 0.29) is 23.8 Å². The molecular weight excluding hydrogens is 372 g/mol. The van der Waals surface area contributed by atoms with Crippen LogP contribution in [-0.4, -0.2) is 67.0 Å².